The van der Waals surface area contributed by atoms with E-state index >= 15 is 0 Å². The summed E-state index contributed by atoms with van der Waals surface area (Å²) in [4.78, 5) is 52.9. The lowest BCUT2D eigenvalue weighted by Crippen LogP contribution is -2.52. The summed E-state index contributed by atoms with van der Waals surface area (Å²) < 4.78 is 38.4. The van der Waals surface area contributed by atoms with Crippen molar-refractivity contribution in [1.29, 1.82) is 0 Å². The van der Waals surface area contributed by atoms with E-state index in [0.29, 0.717) is 58.4 Å². The smallest absolute Gasteiger partial charge is 0.410 e. The minimum atomic E-state index is -2.92. The maximum absolute atomic E-state index is 13.8. The third kappa shape index (κ3) is 7.16. The SMILES string of the molecule is CN(CC(=O)N1CCN(c2nc(-c3cnc(N)nc3C(F)F)nc(N3CCOCC3)n2)CC1)C(=O)OC(C)(C)C. The van der Waals surface area contributed by atoms with Crippen molar-refractivity contribution in [2.75, 3.05) is 81.6 Å². The zero-order valence-corrected chi connectivity index (χ0v) is 23.0. The second-order valence-electron chi connectivity index (χ2n) is 10.4. The lowest BCUT2D eigenvalue weighted by molar-refractivity contribution is -0.132. The molecule has 0 saturated carbocycles. The summed E-state index contributed by atoms with van der Waals surface area (Å²) in [6, 6.07) is 0. The number of likely N-dealkylation sites (N-methyl/N-ethyl adjacent to an activating group) is 1. The van der Waals surface area contributed by atoms with Crippen LogP contribution in [0.5, 0.6) is 0 Å². The highest BCUT2D eigenvalue weighted by atomic mass is 19.3. The van der Waals surface area contributed by atoms with Gasteiger partial charge in [-0.2, -0.15) is 15.0 Å². The molecule has 40 heavy (non-hydrogen) atoms. The summed E-state index contributed by atoms with van der Waals surface area (Å²) in [5, 5.41) is 0. The van der Waals surface area contributed by atoms with Gasteiger partial charge in [-0.25, -0.2) is 23.5 Å². The molecule has 2 N–H and O–H groups in total. The number of piperazine rings is 1. The van der Waals surface area contributed by atoms with Crippen molar-refractivity contribution in [1.82, 2.24) is 34.7 Å². The number of morpholine rings is 1. The Kier molecular flexibility index (Phi) is 8.76. The van der Waals surface area contributed by atoms with Gasteiger partial charge in [0.25, 0.3) is 6.43 Å². The zero-order valence-electron chi connectivity index (χ0n) is 23.0. The van der Waals surface area contributed by atoms with Crippen LogP contribution in [0.1, 0.15) is 32.9 Å². The van der Waals surface area contributed by atoms with E-state index in [-0.39, 0.29) is 35.7 Å². The molecule has 2 saturated heterocycles. The van der Waals surface area contributed by atoms with Gasteiger partial charge in [-0.3, -0.25) is 4.79 Å². The normalized spacial score (nSPS) is 16.3. The van der Waals surface area contributed by atoms with Crippen LogP contribution in [0.2, 0.25) is 0 Å². The topological polar surface area (TPSA) is 156 Å². The van der Waals surface area contributed by atoms with E-state index in [0.717, 1.165) is 0 Å². The maximum atomic E-state index is 13.8. The summed E-state index contributed by atoms with van der Waals surface area (Å²) in [6.07, 6.45) is -2.31. The van der Waals surface area contributed by atoms with E-state index in [2.05, 4.69) is 24.9 Å². The van der Waals surface area contributed by atoms with Crippen molar-refractivity contribution >= 4 is 29.8 Å². The van der Waals surface area contributed by atoms with Crippen molar-refractivity contribution in [2.45, 2.75) is 32.8 Å². The van der Waals surface area contributed by atoms with Crippen LogP contribution in [0.4, 0.5) is 31.4 Å². The Hall–Kier alpha value is -3.95. The van der Waals surface area contributed by atoms with Gasteiger partial charge in [0, 0.05) is 52.5 Å². The molecule has 2 aromatic rings. The van der Waals surface area contributed by atoms with Crippen LogP contribution < -0.4 is 15.5 Å². The molecule has 0 radical (unpaired) electrons. The Morgan fingerprint density at radius 3 is 2.20 bits per heavy atom. The zero-order chi connectivity index (χ0) is 29.0. The van der Waals surface area contributed by atoms with Crippen molar-refractivity contribution in [3.05, 3.63) is 11.9 Å². The van der Waals surface area contributed by atoms with Crippen molar-refractivity contribution in [3.63, 3.8) is 0 Å². The second-order valence-corrected chi connectivity index (χ2v) is 10.4. The van der Waals surface area contributed by atoms with E-state index in [9.17, 15) is 18.4 Å². The van der Waals surface area contributed by atoms with E-state index < -0.39 is 23.8 Å². The van der Waals surface area contributed by atoms with Crippen LogP contribution in [0, 0.1) is 0 Å². The minimum Gasteiger partial charge on any atom is -0.444 e. The molecule has 4 rings (SSSR count). The van der Waals surface area contributed by atoms with E-state index in [1.54, 1.807) is 25.7 Å². The Bertz CT molecular complexity index is 1210. The average Bonchev–Trinajstić information content (AvgIpc) is 2.92. The number of alkyl halides is 2. The highest BCUT2D eigenvalue weighted by molar-refractivity contribution is 5.82. The Labute approximate surface area is 230 Å². The molecule has 4 heterocycles. The van der Waals surface area contributed by atoms with Crippen LogP contribution in [0.3, 0.4) is 0 Å². The van der Waals surface area contributed by atoms with Gasteiger partial charge in [0.2, 0.25) is 23.8 Å². The molecule has 0 spiro atoms. The Morgan fingerprint density at radius 2 is 1.62 bits per heavy atom. The van der Waals surface area contributed by atoms with Crippen LogP contribution in [-0.2, 0) is 14.3 Å². The molecule has 2 aliphatic heterocycles. The van der Waals surface area contributed by atoms with Crippen molar-refractivity contribution in [3.8, 4) is 11.4 Å². The van der Waals surface area contributed by atoms with Crippen LogP contribution in [0.15, 0.2) is 6.20 Å². The second kappa shape index (κ2) is 12.1. The number of hydrogen-bond donors (Lipinski definition) is 1. The molecule has 2 aromatic heterocycles. The summed E-state index contributed by atoms with van der Waals surface area (Å²) in [5.74, 6) is 0.0948. The third-order valence-corrected chi connectivity index (χ3v) is 6.18. The summed E-state index contributed by atoms with van der Waals surface area (Å²) >= 11 is 0. The summed E-state index contributed by atoms with van der Waals surface area (Å²) in [5.41, 5.74) is 4.27. The molecule has 2 aliphatic rings. The predicted octanol–water partition coefficient (Wildman–Crippen LogP) is 1.20. The maximum Gasteiger partial charge on any atom is 0.410 e. The van der Waals surface area contributed by atoms with Crippen LogP contribution in [-0.4, -0.2) is 118 Å². The van der Waals surface area contributed by atoms with Gasteiger partial charge < -0.3 is 34.8 Å². The lowest BCUT2D eigenvalue weighted by Gasteiger charge is -2.36. The van der Waals surface area contributed by atoms with Gasteiger partial charge in [0.05, 0.1) is 18.8 Å². The van der Waals surface area contributed by atoms with Gasteiger partial charge in [0.15, 0.2) is 5.82 Å². The molecule has 14 nitrogen and oxygen atoms in total. The number of aromatic nitrogens is 5. The molecular weight excluding hydrogens is 530 g/mol. The number of halogens is 2. The fourth-order valence-corrected chi connectivity index (χ4v) is 4.13. The first-order valence-corrected chi connectivity index (χ1v) is 12.9. The average molecular weight is 565 g/mol. The Balaban J connectivity index is 1.52. The first-order valence-electron chi connectivity index (χ1n) is 12.9. The number of nitrogen functional groups attached to an aromatic ring is 1. The molecular formula is C24H34F2N10O4. The van der Waals surface area contributed by atoms with Gasteiger partial charge in [0.1, 0.15) is 17.8 Å². The van der Waals surface area contributed by atoms with Crippen LogP contribution in [0.25, 0.3) is 11.4 Å². The number of ether oxygens (including phenoxy) is 2. The number of carbonyl (C=O) groups is 2. The van der Waals surface area contributed by atoms with Gasteiger partial charge in [-0.1, -0.05) is 0 Å². The predicted molar refractivity (Wildman–Crippen MR) is 141 cm³/mol. The standard InChI is InChI=1S/C24H34F2N10O4/c1-24(2,3)40-23(38)33(4)14-16(37)34-5-7-35(8-6-34)21-30-19(15-13-28-20(27)29-17(15)18(25)26)31-22(32-21)36-9-11-39-12-10-36/h13,18H,5-12,14H2,1-4H3,(H2,27,28,29). The fraction of sp³-hybridized carbons (Fsp3) is 0.625. The molecule has 0 bridgehead atoms. The number of nitrogens with two attached hydrogens (primary N) is 1. The molecule has 0 aliphatic carbocycles. The molecule has 0 aromatic carbocycles. The minimum absolute atomic E-state index is 0.000664. The number of rotatable bonds is 6. The molecule has 2 amide bonds. The quantitative estimate of drug-likeness (QED) is 0.536. The van der Waals surface area contributed by atoms with Gasteiger partial charge in [-0.05, 0) is 20.8 Å². The first-order chi connectivity index (χ1) is 18.9. The summed E-state index contributed by atoms with van der Waals surface area (Å²) in [7, 11) is 1.51. The molecule has 218 valence electrons. The van der Waals surface area contributed by atoms with Gasteiger partial charge >= 0.3 is 6.09 Å². The highest BCUT2D eigenvalue weighted by Crippen LogP contribution is 2.30. The van der Waals surface area contributed by atoms with Gasteiger partial charge in [-0.15, -0.1) is 0 Å². The number of nitrogens with zero attached hydrogens (tertiary/aromatic N) is 9. The molecule has 2 fully saturated rings. The monoisotopic (exact) mass is 564 g/mol. The molecule has 0 atom stereocenters. The fourth-order valence-electron chi connectivity index (χ4n) is 4.13. The summed E-state index contributed by atoms with van der Waals surface area (Å²) in [6.45, 7) is 8.60. The third-order valence-electron chi connectivity index (χ3n) is 6.18. The van der Waals surface area contributed by atoms with E-state index in [4.69, 9.17) is 15.2 Å². The molecule has 16 heteroatoms. The van der Waals surface area contributed by atoms with Crippen molar-refractivity contribution in [2.24, 2.45) is 0 Å². The lowest BCUT2D eigenvalue weighted by atomic mass is 10.2. The Morgan fingerprint density at radius 1 is 1.02 bits per heavy atom. The molecule has 0 unspecified atom stereocenters. The number of amides is 2. The van der Waals surface area contributed by atoms with E-state index in [1.165, 1.54) is 18.1 Å². The van der Waals surface area contributed by atoms with Crippen LogP contribution >= 0.6 is 0 Å². The number of carbonyl (C=O) groups excluding carboxylic acids is 2. The largest absolute Gasteiger partial charge is 0.444 e. The number of anilines is 3. The highest BCUT2D eigenvalue weighted by Gasteiger charge is 2.29. The van der Waals surface area contributed by atoms with E-state index in [1.807, 2.05) is 9.80 Å². The van der Waals surface area contributed by atoms with Crippen molar-refractivity contribution < 1.29 is 27.8 Å². The number of hydrogen-bond acceptors (Lipinski definition) is 12. The first kappa shape index (κ1) is 29.0.